The van der Waals surface area contributed by atoms with Crippen molar-refractivity contribution in [1.82, 2.24) is 9.78 Å². The summed E-state index contributed by atoms with van der Waals surface area (Å²) < 4.78 is 1.48. The lowest BCUT2D eigenvalue weighted by molar-refractivity contribution is 0.279. The second kappa shape index (κ2) is 6.70. The van der Waals surface area contributed by atoms with Crippen molar-refractivity contribution in [2.24, 2.45) is 5.92 Å². The molecule has 1 aromatic rings. The number of aliphatic hydroxyl groups excluding tert-OH is 1. The minimum absolute atomic E-state index is 0.0475. The first kappa shape index (κ1) is 14.1. The molecule has 106 valence electrons. The highest BCUT2D eigenvalue weighted by Gasteiger charge is 2.17. The summed E-state index contributed by atoms with van der Waals surface area (Å²) in [7, 11) is 0. The van der Waals surface area contributed by atoms with Crippen LogP contribution in [0, 0.1) is 5.92 Å². The van der Waals surface area contributed by atoms with Gasteiger partial charge < -0.3 is 10.0 Å². The molecule has 5 heteroatoms. The van der Waals surface area contributed by atoms with E-state index in [1.165, 1.54) is 17.5 Å². The van der Waals surface area contributed by atoms with Crippen molar-refractivity contribution in [3.63, 3.8) is 0 Å². The molecule has 1 unspecified atom stereocenters. The first-order valence-electron chi connectivity index (χ1n) is 7.13. The van der Waals surface area contributed by atoms with Gasteiger partial charge in [-0.05, 0) is 31.6 Å². The molecule has 0 bridgehead atoms. The van der Waals surface area contributed by atoms with Crippen LogP contribution in [0.5, 0.6) is 0 Å². The van der Waals surface area contributed by atoms with E-state index in [2.05, 4.69) is 16.9 Å². The number of aliphatic hydroxyl groups is 1. The number of unbranched alkanes of at least 4 members (excludes halogenated alkanes) is 1. The molecule has 2 heterocycles. The third-order valence-corrected chi connectivity index (χ3v) is 3.66. The number of rotatable bonds is 5. The van der Waals surface area contributed by atoms with Crippen LogP contribution in [0.3, 0.4) is 0 Å². The second-order valence-electron chi connectivity index (χ2n) is 5.40. The molecule has 1 aromatic heterocycles. The Labute approximate surface area is 113 Å². The molecule has 1 N–H and O–H groups in total. The molecule has 1 atom stereocenters. The minimum atomic E-state index is -0.0475. The summed E-state index contributed by atoms with van der Waals surface area (Å²) in [6.07, 6.45) is 5.73. The first-order chi connectivity index (χ1) is 9.20. The average Bonchev–Trinajstić information content (AvgIpc) is 2.41. The number of hydrogen-bond donors (Lipinski definition) is 1. The van der Waals surface area contributed by atoms with Crippen molar-refractivity contribution in [2.45, 2.75) is 39.2 Å². The molecule has 0 amide bonds. The van der Waals surface area contributed by atoms with E-state index in [1.54, 1.807) is 12.3 Å². The lowest BCUT2D eigenvalue weighted by Crippen LogP contribution is -2.35. The summed E-state index contributed by atoms with van der Waals surface area (Å²) in [4.78, 5) is 14.2. The van der Waals surface area contributed by atoms with Gasteiger partial charge in [-0.3, -0.25) is 4.79 Å². The molecule has 0 aromatic carbocycles. The van der Waals surface area contributed by atoms with Crippen molar-refractivity contribution >= 4 is 5.69 Å². The SMILES string of the molecule is CC1CCCN(c2cnn(CCCCO)c(=O)c2)C1. The fourth-order valence-corrected chi connectivity index (χ4v) is 2.56. The Balaban J connectivity index is 2.03. The van der Waals surface area contributed by atoms with Crippen LogP contribution < -0.4 is 10.5 Å². The first-order valence-corrected chi connectivity index (χ1v) is 7.13. The Hall–Kier alpha value is -1.36. The van der Waals surface area contributed by atoms with E-state index in [0.717, 1.165) is 25.2 Å². The number of piperidine rings is 1. The summed E-state index contributed by atoms with van der Waals surface area (Å²) in [6, 6.07) is 1.68. The van der Waals surface area contributed by atoms with Crippen molar-refractivity contribution in [3.05, 3.63) is 22.6 Å². The Bertz CT molecular complexity index is 458. The van der Waals surface area contributed by atoms with Crippen LogP contribution in [0.15, 0.2) is 17.1 Å². The van der Waals surface area contributed by atoms with E-state index >= 15 is 0 Å². The zero-order valence-corrected chi connectivity index (χ0v) is 11.6. The quantitative estimate of drug-likeness (QED) is 0.814. The van der Waals surface area contributed by atoms with Gasteiger partial charge in [-0.2, -0.15) is 5.10 Å². The standard InChI is InChI=1S/C14H23N3O2/c1-12-5-4-6-16(11-12)13-9-14(19)17(15-10-13)7-2-3-8-18/h9-10,12,18H,2-8,11H2,1H3. The maximum atomic E-state index is 12.0. The molecular weight excluding hydrogens is 242 g/mol. The zero-order chi connectivity index (χ0) is 13.7. The van der Waals surface area contributed by atoms with E-state index < -0.39 is 0 Å². The number of hydrogen-bond acceptors (Lipinski definition) is 4. The minimum Gasteiger partial charge on any atom is -0.396 e. The summed E-state index contributed by atoms with van der Waals surface area (Å²) in [5, 5.41) is 13.0. The van der Waals surface area contributed by atoms with Gasteiger partial charge in [0.2, 0.25) is 0 Å². The van der Waals surface area contributed by atoms with Crippen LogP contribution in [0.2, 0.25) is 0 Å². The Morgan fingerprint density at radius 1 is 1.47 bits per heavy atom. The topological polar surface area (TPSA) is 58.4 Å². The third-order valence-electron chi connectivity index (χ3n) is 3.66. The molecule has 19 heavy (non-hydrogen) atoms. The number of nitrogens with zero attached hydrogens (tertiary/aromatic N) is 3. The van der Waals surface area contributed by atoms with Crippen LogP contribution in [0.4, 0.5) is 5.69 Å². The summed E-state index contributed by atoms with van der Waals surface area (Å²) in [5.74, 6) is 0.681. The molecule has 1 aliphatic heterocycles. The maximum absolute atomic E-state index is 12.0. The normalized spacial score (nSPS) is 19.7. The second-order valence-corrected chi connectivity index (χ2v) is 5.40. The van der Waals surface area contributed by atoms with Gasteiger partial charge >= 0.3 is 0 Å². The highest BCUT2D eigenvalue weighted by atomic mass is 16.2. The van der Waals surface area contributed by atoms with Gasteiger partial charge in [-0.1, -0.05) is 6.92 Å². The Morgan fingerprint density at radius 2 is 2.32 bits per heavy atom. The number of aryl methyl sites for hydroxylation is 1. The molecule has 0 spiro atoms. The van der Waals surface area contributed by atoms with Crippen LogP contribution in [-0.2, 0) is 6.54 Å². The highest BCUT2D eigenvalue weighted by Crippen LogP contribution is 2.20. The van der Waals surface area contributed by atoms with Gasteiger partial charge in [0.15, 0.2) is 0 Å². The molecule has 0 saturated carbocycles. The van der Waals surface area contributed by atoms with Crippen molar-refractivity contribution < 1.29 is 5.11 Å². The Morgan fingerprint density at radius 3 is 3.00 bits per heavy atom. The van der Waals surface area contributed by atoms with E-state index in [1.807, 2.05) is 0 Å². The molecule has 0 radical (unpaired) electrons. The van der Waals surface area contributed by atoms with E-state index in [9.17, 15) is 4.79 Å². The van der Waals surface area contributed by atoms with Gasteiger partial charge in [0, 0.05) is 32.3 Å². The Kier molecular flexibility index (Phi) is 4.96. The van der Waals surface area contributed by atoms with Crippen molar-refractivity contribution in [3.8, 4) is 0 Å². The van der Waals surface area contributed by atoms with Gasteiger partial charge in [0.1, 0.15) is 0 Å². The molecule has 5 nitrogen and oxygen atoms in total. The van der Waals surface area contributed by atoms with Gasteiger partial charge in [0.25, 0.3) is 5.56 Å². The summed E-state index contributed by atoms with van der Waals surface area (Å²) in [5.41, 5.74) is 0.892. The van der Waals surface area contributed by atoms with Crippen molar-refractivity contribution in [1.29, 1.82) is 0 Å². The molecule has 2 rings (SSSR count). The molecule has 0 aliphatic carbocycles. The lowest BCUT2D eigenvalue weighted by atomic mass is 10.00. The van der Waals surface area contributed by atoms with Gasteiger partial charge in [0.05, 0.1) is 11.9 Å². The predicted octanol–water partition coefficient (Wildman–Crippen LogP) is 1.25. The highest BCUT2D eigenvalue weighted by molar-refractivity contribution is 5.43. The largest absolute Gasteiger partial charge is 0.396 e. The van der Waals surface area contributed by atoms with E-state index in [-0.39, 0.29) is 12.2 Å². The van der Waals surface area contributed by atoms with Crippen LogP contribution in [0.1, 0.15) is 32.6 Å². The zero-order valence-electron chi connectivity index (χ0n) is 11.6. The fourth-order valence-electron chi connectivity index (χ4n) is 2.56. The van der Waals surface area contributed by atoms with Gasteiger partial charge in [-0.25, -0.2) is 4.68 Å². The number of aromatic nitrogens is 2. The smallest absolute Gasteiger partial charge is 0.268 e. The van der Waals surface area contributed by atoms with Crippen molar-refractivity contribution in [2.75, 3.05) is 24.6 Å². The molecule has 1 aliphatic rings. The monoisotopic (exact) mass is 265 g/mol. The van der Waals surface area contributed by atoms with Gasteiger partial charge in [-0.15, -0.1) is 0 Å². The maximum Gasteiger partial charge on any atom is 0.268 e. The average molecular weight is 265 g/mol. The molecular formula is C14H23N3O2. The predicted molar refractivity (Wildman–Crippen MR) is 75.4 cm³/mol. The van der Waals surface area contributed by atoms with Crippen LogP contribution in [0.25, 0.3) is 0 Å². The lowest BCUT2D eigenvalue weighted by Gasteiger charge is -2.32. The molecule has 1 fully saturated rings. The summed E-state index contributed by atoms with van der Waals surface area (Å²) >= 11 is 0. The van der Waals surface area contributed by atoms with Crippen LogP contribution in [-0.4, -0.2) is 34.6 Å². The van der Waals surface area contributed by atoms with Crippen LogP contribution >= 0.6 is 0 Å². The molecule has 1 saturated heterocycles. The van der Waals surface area contributed by atoms with E-state index in [4.69, 9.17) is 5.11 Å². The van der Waals surface area contributed by atoms with E-state index in [0.29, 0.717) is 18.9 Å². The third kappa shape index (κ3) is 3.80. The fraction of sp³-hybridized carbons (Fsp3) is 0.714. The summed E-state index contributed by atoms with van der Waals surface area (Å²) in [6.45, 7) is 5.01. The number of anilines is 1.